The highest BCUT2D eigenvalue weighted by atomic mass is 79.9. The molecule has 0 saturated carbocycles. The summed E-state index contributed by atoms with van der Waals surface area (Å²) in [5.41, 5.74) is 4.45. The van der Waals surface area contributed by atoms with Crippen molar-refractivity contribution < 1.29 is 23.9 Å². The van der Waals surface area contributed by atoms with E-state index in [9.17, 15) is 4.79 Å². The Balaban J connectivity index is 1.61. The van der Waals surface area contributed by atoms with Gasteiger partial charge in [0.15, 0.2) is 18.0 Å². The van der Waals surface area contributed by atoms with Crippen LogP contribution in [0.1, 0.15) is 18.1 Å². The number of halogens is 1. The molecule has 0 unspecified atom stereocenters. The lowest BCUT2D eigenvalue weighted by molar-refractivity contribution is -0.900. The smallest absolute Gasteiger partial charge is 0.295 e. The van der Waals surface area contributed by atoms with E-state index in [0.29, 0.717) is 44.5 Å². The number of carbonyl (C=O) groups excluding carboxylic acids is 1. The van der Waals surface area contributed by atoms with Crippen molar-refractivity contribution in [3.05, 3.63) is 58.1 Å². The number of hydrogen-bond donors (Lipinski definition) is 2. The number of amides is 1. The number of rotatable bonds is 9. The standard InChI is InChI=1S/C22H26BrN3O4/c1-2-29-20-13-18(14-24-25-21(27)15-26-8-10-28-11-9-26)12-19(23)22(20)30-16-17-6-4-3-5-7-17/h3-7,12-14H,2,8-11,15-16H2,1H3,(H,25,27)/p+1. The highest BCUT2D eigenvalue weighted by molar-refractivity contribution is 9.10. The largest absolute Gasteiger partial charge is 0.490 e. The Morgan fingerprint density at radius 3 is 2.73 bits per heavy atom. The van der Waals surface area contributed by atoms with E-state index in [1.54, 1.807) is 6.21 Å². The fraction of sp³-hybridized carbons (Fsp3) is 0.364. The quantitative estimate of drug-likeness (QED) is 0.427. The average Bonchev–Trinajstić information content (AvgIpc) is 2.75. The summed E-state index contributed by atoms with van der Waals surface area (Å²) >= 11 is 3.56. The lowest BCUT2D eigenvalue weighted by Gasteiger charge is -2.22. The number of ether oxygens (including phenoxy) is 3. The average molecular weight is 477 g/mol. The molecule has 1 saturated heterocycles. The summed E-state index contributed by atoms with van der Waals surface area (Å²) in [7, 11) is 0. The van der Waals surface area contributed by atoms with Crippen molar-refractivity contribution in [1.82, 2.24) is 5.43 Å². The van der Waals surface area contributed by atoms with Gasteiger partial charge in [-0.1, -0.05) is 30.3 Å². The molecule has 0 aliphatic carbocycles. The van der Waals surface area contributed by atoms with E-state index in [0.717, 1.165) is 28.7 Å². The van der Waals surface area contributed by atoms with Crippen LogP contribution in [0.4, 0.5) is 0 Å². The number of hydrazone groups is 1. The highest BCUT2D eigenvalue weighted by Gasteiger charge is 2.17. The first-order valence-corrected chi connectivity index (χ1v) is 10.8. The molecule has 1 amide bonds. The van der Waals surface area contributed by atoms with Gasteiger partial charge < -0.3 is 19.1 Å². The molecule has 0 bridgehead atoms. The van der Waals surface area contributed by atoms with Crippen LogP contribution in [0.2, 0.25) is 0 Å². The van der Waals surface area contributed by atoms with Crippen molar-refractivity contribution in [1.29, 1.82) is 0 Å². The molecule has 2 aromatic carbocycles. The van der Waals surface area contributed by atoms with E-state index in [1.165, 1.54) is 4.90 Å². The minimum Gasteiger partial charge on any atom is -0.490 e. The van der Waals surface area contributed by atoms with Crippen LogP contribution in [-0.4, -0.2) is 51.6 Å². The van der Waals surface area contributed by atoms with Crippen LogP contribution in [0.3, 0.4) is 0 Å². The van der Waals surface area contributed by atoms with Crippen LogP contribution in [-0.2, 0) is 16.1 Å². The molecule has 30 heavy (non-hydrogen) atoms. The molecule has 0 aromatic heterocycles. The van der Waals surface area contributed by atoms with Crippen molar-refractivity contribution >= 4 is 28.1 Å². The third-order valence-corrected chi connectivity index (χ3v) is 5.16. The Morgan fingerprint density at radius 2 is 2.00 bits per heavy atom. The van der Waals surface area contributed by atoms with Crippen molar-refractivity contribution in [3.8, 4) is 11.5 Å². The summed E-state index contributed by atoms with van der Waals surface area (Å²) in [6, 6.07) is 13.7. The maximum Gasteiger partial charge on any atom is 0.295 e. The second-order valence-corrected chi connectivity index (χ2v) is 7.72. The molecule has 0 atom stereocenters. The molecule has 1 aliphatic rings. The van der Waals surface area contributed by atoms with E-state index in [2.05, 4.69) is 26.5 Å². The van der Waals surface area contributed by atoms with Crippen molar-refractivity contribution in [2.45, 2.75) is 13.5 Å². The minimum atomic E-state index is -0.116. The summed E-state index contributed by atoms with van der Waals surface area (Å²) in [5, 5.41) is 4.09. The van der Waals surface area contributed by atoms with E-state index >= 15 is 0 Å². The first-order chi connectivity index (χ1) is 14.7. The fourth-order valence-electron chi connectivity index (χ4n) is 3.08. The van der Waals surface area contributed by atoms with Crippen LogP contribution in [0.15, 0.2) is 52.0 Å². The molecule has 0 spiro atoms. The first kappa shape index (κ1) is 22.3. The number of hydrogen-bond acceptors (Lipinski definition) is 5. The van der Waals surface area contributed by atoms with Gasteiger partial charge in [-0.05, 0) is 46.1 Å². The van der Waals surface area contributed by atoms with Crippen molar-refractivity contribution in [3.63, 3.8) is 0 Å². The van der Waals surface area contributed by atoms with Gasteiger partial charge in [0.1, 0.15) is 19.7 Å². The van der Waals surface area contributed by atoms with Gasteiger partial charge in [-0.25, -0.2) is 5.43 Å². The van der Waals surface area contributed by atoms with E-state index in [1.807, 2.05) is 49.4 Å². The zero-order valence-corrected chi connectivity index (χ0v) is 18.6. The van der Waals surface area contributed by atoms with Crippen molar-refractivity contribution in [2.75, 3.05) is 39.5 Å². The highest BCUT2D eigenvalue weighted by Crippen LogP contribution is 2.37. The van der Waals surface area contributed by atoms with Crippen LogP contribution in [0.25, 0.3) is 0 Å². The summed E-state index contributed by atoms with van der Waals surface area (Å²) < 4.78 is 17.8. The molecular weight excluding hydrogens is 450 g/mol. The molecule has 3 rings (SSSR count). The predicted octanol–water partition coefficient (Wildman–Crippen LogP) is 1.79. The summed E-state index contributed by atoms with van der Waals surface area (Å²) in [6.07, 6.45) is 1.60. The fourth-order valence-corrected chi connectivity index (χ4v) is 3.65. The Morgan fingerprint density at radius 1 is 1.23 bits per heavy atom. The minimum absolute atomic E-state index is 0.116. The molecule has 1 aliphatic heterocycles. The zero-order valence-electron chi connectivity index (χ0n) is 17.0. The number of morpholine rings is 1. The molecule has 0 radical (unpaired) electrons. The molecule has 2 N–H and O–H groups in total. The van der Waals surface area contributed by atoms with Crippen LogP contribution >= 0.6 is 15.9 Å². The summed E-state index contributed by atoms with van der Waals surface area (Å²) in [4.78, 5) is 13.3. The van der Waals surface area contributed by atoms with Gasteiger partial charge in [-0.15, -0.1) is 0 Å². The lowest BCUT2D eigenvalue weighted by atomic mass is 10.2. The van der Waals surface area contributed by atoms with Gasteiger partial charge in [0.25, 0.3) is 5.91 Å². The maximum atomic E-state index is 12.1. The predicted molar refractivity (Wildman–Crippen MR) is 118 cm³/mol. The molecule has 7 nitrogen and oxygen atoms in total. The third-order valence-electron chi connectivity index (χ3n) is 4.57. The van der Waals surface area contributed by atoms with Gasteiger partial charge in [-0.2, -0.15) is 5.10 Å². The molecule has 1 heterocycles. The molecular formula is C22H27BrN3O4+. The molecule has 8 heteroatoms. The zero-order chi connectivity index (χ0) is 21.2. The van der Waals surface area contributed by atoms with Crippen LogP contribution in [0.5, 0.6) is 11.5 Å². The van der Waals surface area contributed by atoms with Crippen molar-refractivity contribution in [2.24, 2.45) is 5.10 Å². The molecule has 2 aromatic rings. The van der Waals surface area contributed by atoms with Gasteiger partial charge in [0.2, 0.25) is 0 Å². The normalized spacial score (nSPS) is 14.6. The lowest BCUT2D eigenvalue weighted by Crippen LogP contribution is -3.15. The number of quaternary nitrogens is 1. The third kappa shape index (κ3) is 6.83. The topological polar surface area (TPSA) is 73.6 Å². The number of carbonyl (C=O) groups is 1. The Labute approximate surface area is 185 Å². The molecule has 1 fully saturated rings. The molecule has 160 valence electrons. The second-order valence-electron chi connectivity index (χ2n) is 6.87. The summed E-state index contributed by atoms with van der Waals surface area (Å²) in [6.45, 7) is 6.32. The van der Waals surface area contributed by atoms with Gasteiger partial charge in [-0.3, -0.25) is 4.79 Å². The van der Waals surface area contributed by atoms with Crippen LogP contribution in [0, 0.1) is 0 Å². The SMILES string of the molecule is CCOc1cc(C=NNC(=O)C[NH+]2CCOCC2)cc(Br)c1OCc1ccccc1. The number of nitrogens with zero attached hydrogens (tertiary/aromatic N) is 1. The van der Waals surface area contributed by atoms with E-state index in [-0.39, 0.29) is 5.91 Å². The van der Waals surface area contributed by atoms with Gasteiger partial charge in [0.05, 0.1) is 30.5 Å². The number of benzene rings is 2. The number of nitrogens with one attached hydrogen (secondary N) is 2. The van der Waals surface area contributed by atoms with Gasteiger partial charge in [0, 0.05) is 0 Å². The van der Waals surface area contributed by atoms with Crippen LogP contribution < -0.4 is 19.8 Å². The van der Waals surface area contributed by atoms with E-state index < -0.39 is 0 Å². The Kier molecular flexibility index (Phi) is 8.67. The Hall–Kier alpha value is -2.42. The Bertz CT molecular complexity index is 855. The van der Waals surface area contributed by atoms with E-state index in [4.69, 9.17) is 14.2 Å². The van der Waals surface area contributed by atoms with Gasteiger partial charge >= 0.3 is 0 Å². The first-order valence-electron chi connectivity index (χ1n) is 10.0. The summed E-state index contributed by atoms with van der Waals surface area (Å²) in [5.74, 6) is 1.14. The maximum absolute atomic E-state index is 12.1. The second kappa shape index (κ2) is 11.7. The monoisotopic (exact) mass is 476 g/mol.